The Morgan fingerprint density at radius 1 is 1.29 bits per heavy atom. The van der Waals surface area contributed by atoms with Crippen LogP contribution in [0.15, 0.2) is 30.7 Å². The number of halogens is 2. The van der Waals surface area contributed by atoms with Crippen molar-refractivity contribution in [1.82, 2.24) is 15.3 Å². The van der Waals surface area contributed by atoms with Crippen LogP contribution >= 0.6 is 0 Å². The van der Waals surface area contributed by atoms with Crippen LogP contribution in [0, 0.1) is 11.6 Å². The molecule has 0 saturated carbocycles. The van der Waals surface area contributed by atoms with Gasteiger partial charge in [-0.3, -0.25) is 0 Å². The first-order chi connectivity index (χ1) is 8.27. The van der Waals surface area contributed by atoms with Gasteiger partial charge in [-0.2, -0.15) is 0 Å². The minimum atomic E-state index is -0.808. The maximum Gasteiger partial charge on any atom is 0.163 e. The van der Waals surface area contributed by atoms with Crippen LogP contribution in [0.2, 0.25) is 0 Å². The van der Waals surface area contributed by atoms with Crippen LogP contribution in [0.1, 0.15) is 11.3 Å². The van der Waals surface area contributed by atoms with Crippen molar-refractivity contribution in [2.75, 3.05) is 6.54 Å². The van der Waals surface area contributed by atoms with Crippen molar-refractivity contribution in [3.05, 3.63) is 53.6 Å². The number of H-pyrrole nitrogens is 1. The molecule has 0 aliphatic rings. The predicted molar refractivity (Wildman–Crippen MR) is 60.4 cm³/mol. The summed E-state index contributed by atoms with van der Waals surface area (Å²) in [6.45, 7) is 0.996. The molecule has 1 heterocycles. The van der Waals surface area contributed by atoms with Gasteiger partial charge in [-0.15, -0.1) is 0 Å². The average Bonchev–Trinajstić information content (AvgIpc) is 2.83. The van der Waals surface area contributed by atoms with E-state index >= 15 is 0 Å². The molecule has 0 amide bonds. The lowest BCUT2D eigenvalue weighted by Crippen LogP contribution is -2.17. The number of hydrogen-bond donors (Lipinski definition) is 2. The molecule has 5 heteroatoms. The van der Waals surface area contributed by atoms with Crippen LogP contribution in [-0.4, -0.2) is 16.5 Å². The van der Waals surface area contributed by atoms with Crippen LogP contribution in [0.25, 0.3) is 0 Å². The molecule has 0 fully saturated rings. The molecule has 0 bridgehead atoms. The van der Waals surface area contributed by atoms with Crippen molar-refractivity contribution in [1.29, 1.82) is 0 Å². The Hall–Kier alpha value is -1.75. The molecule has 2 rings (SSSR count). The van der Waals surface area contributed by atoms with Crippen LogP contribution < -0.4 is 5.32 Å². The van der Waals surface area contributed by atoms with Crippen molar-refractivity contribution in [2.24, 2.45) is 0 Å². The number of nitrogens with zero attached hydrogens (tertiary/aromatic N) is 1. The van der Waals surface area contributed by atoms with E-state index in [1.54, 1.807) is 18.6 Å². The molecule has 0 radical (unpaired) electrons. The zero-order chi connectivity index (χ0) is 12.1. The Morgan fingerprint density at radius 2 is 2.18 bits per heavy atom. The maximum absolute atomic E-state index is 13.3. The molecule has 2 N–H and O–H groups in total. The molecule has 1 aromatic carbocycles. The topological polar surface area (TPSA) is 40.7 Å². The summed E-state index contributed by atoms with van der Waals surface area (Å²) in [5.41, 5.74) is 1.35. The van der Waals surface area contributed by atoms with E-state index < -0.39 is 11.6 Å². The van der Waals surface area contributed by atoms with Gasteiger partial charge in [-0.05, 0) is 6.07 Å². The highest BCUT2D eigenvalue weighted by Gasteiger charge is 2.06. The van der Waals surface area contributed by atoms with E-state index in [2.05, 4.69) is 15.3 Å². The van der Waals surface area contributed by atoms with Gasteiger partial charge in [0.25, 0.3) is 0 Å². The summed E-state index contributed by atoms with van der Waals surface area (Å²) in [4.78, 5) is 6.86. The molecule has 2 aromatic rings. The van der Waals surface area contributed by atoms with E-state index in [0.29, 0.717) is 18.7 Å². The van der Waals surface area contributed by atoms with Gasteiger partial charge in [0.15, 0.2) is 11.6 Å². The fraction of sp³-hybridized carbons (Fsp3) is 0.250. The lowest BCUT2D eigenvalue weighted by molar-refractivity contribution is 0.493. The summed E-state index contributed by atoms with van der Waals surface area (Å²) >= 11 is 0. The van der Waals surface area contributed by atoms with Crippen LogP contribution in [0.5, 0.6) is 0 Å². The summed E-state index contributed by atoms with van der Waals surface area (Å²) in [7, 11) is 0. The van der Waals surface area contributed by atoms with Crippen LogP contribution in [0.3, 0.4) is 0 Å². The Kier molecular flexibility index (Phi) is 3.82. The number of rotatable bonds is 5. The SMILES string of the molecule is Fc1cccc(CNCCc2cnc[nH]2)c1F. The van der Waals surface area contributed by atoms with Crippen molar-refractivity contribution in [3.63, 3.8) is 0 Å². The summed E-state index contributed by atoms with van der Waals surface area (Å²) < 4.78 is 26.2. The third-order valence-corrected chi connectivity index (χ3v) is 2.47. The van der Waals surface area contributed by atoms with Crippen LogP contribution in [-0.2, 0) is 13.0 Å². The lowest BCUT2D eigenvalue weighted by atomic mass is 10.2. The van der Waals surface area contributed by atoms with E-state index in [0.717, 1.165) is 18.2 Å². The Bertz CT molecular complexity index is 469. The smallest absolute Gasteiger partial charge is 0.163 e. The van der Waals surface area contributed by atoms with Gasteiger partial charge in [0, 0.05) is 37.0 Å². The lowest BCUT2D eigenvalue weighted by Gasteiger charge is -2.05. The molecule has 0 spiro atoms. The molecule has 0 aliphatic carbocycles. The monoisotopic (exact) mass is 237 g/mol. The number of aromatic nitrogens is 2. The first-order valence-electron chi connectivity index (χ1n) is 5.38. The van der Waals surface area contributed by atoms with E-state index in [1.165, 1.54) is 6.07 Å². The Morgan fingerprint density at radius 3 is 2.94 bits per heavy atom. The molecule has 1 aromatic heterocycles. The minimum Gasteiger partial charge on any atom is -0.348 e. The third-order valence-electron chi connectivity index (χ3n) is 2.47. The second kappa shape index (κ2) is 5.54. The van der Waals surface area contributed by atoms with E-state index in [9.17, 15) is 8.78 Å². The highest BCUT2D eigenvalue weighted by molar-refractivity contribution is 5.18. The number of benzene rings is 1. The van der Waals surface area contributed by atoms with E-state index in [1.807, 2.05) is 0 Å². The fourth-order valence-electron chi connectivity index (χ4n) is 1.55. The first kappa shape index (κ1) is 11.7. The number of nitrogens with one attached hydrogen (secondary N) is 2. The molecule has 0 atom stereocenters. The second-order valence-electron chi connectivity index (χ2n) is 3.72. The maximum atomic E-state index is 13.3. The molecule has 17 heavy (non-hydrogen) atoms. The van der Waals surface area contributed by atoms with Gasteiger partial charge >= 0.3 is 0 Å². The molecule has 0 unspecified atom stereocenters. The van der Waals surface area contributed by atoms with Gasteiger partial charge in [0.05, 0.1) is 6.33 Å². The van der Waals surface area contributed by atoms with Gasteiger partial charge in [-0.25, -0.2) is 13.8 Å². The normalized spacial score (nSPS) is 10.7. The first-order valence-corrected chi connectivity index (χ1v) is 5.38. The number of aromatic amines is 1. The van der Waals surface area contributed by atoms with E-state index in [-0.39, 0.29) is 0 Å². The zero-order valence-corrected chi connectivity index (χ0v) is 9.21. The number of imidazole rings is 1. The van der Waals surface area contributed by atoms with Crippen molar-refractivity contribution < 1.29 is 8.78 Å². The minimum absolute atomic E-state index is 0.317. The molecular formula is C12H13F2N3. The molecule has 0 aliphatic heterocycles. The number of hydrogen-bond acceptors (Lipinski definition) is 2. The van der Waals surface area contributed by atoms with Crippen molar-refractivity contribution in [2.45, 2.75) is 13.0 Å². The van der Waals surface area contributed by atoms with Crippen LogP contribution in [0.4, 0.5) is 8.78 Å². The third kappa shape index (κ3) is 3.10. The molecule has 3 nitrogen and oxygen atoms in total. The Balaban J connectivity index is 1.80. The highest BCUT2D eigenvalue weighted by atomic mass is 19.2. The highest BCUT2D eigenvalue weighted by Crippen LogP contribution is 2.10. The molecular weight excluding hydrogens is 224 g/mol. The molecule has 90 valence electrons. The van der Waals surface area contributed by atoms with E-state index in [4.69, 9.17) is 0 Å². The summed E-state index contributed by atoms with van der Waals surface area (Å²) in [5, 5.41) is 3.05. The summed E-state index contributed by atoms with van der Waals surface area (Å²) in [5.74, 6) is -1.58. The average molecular weight is 237 g/mol. The second-order valence-corrected chi connectivity index (χ2v) is 3.72. The van der Waals surface area contributed by atoms with Gasteiger partial charge in [0.1, 0.15) is 0 Å². The summed E-state index contributed by atoms with van der Waals surface area (Å²) in [6, 6.07) is 4.19. The van der Waals surface area contributed by atoms with Crippen molar-refractivity contribution in [3.8, 4) is 0 Å². The molecule has 0 saturated heterocycles. The van der Waals surface area contributed by atoms with Crippen molar-refractivity contribution >= 4 is 0 Å². The standard InChI is InChI=1S/C12H13F2N3/c13-11-3-1-2-9(12(11)14)6-15-5-4-10-7-16-8-17-10/h1-3,7-8,15H,4-6H2,(H,16,17). The van der Waals surface area contributed by atoms with Gasteiger partial charge in [-0.1, -0.05) is 12.1 Å². The quantitative estimate of drug-likeness (QED) is 0.781. The van der Waals surface area contributed by atoms with Gasteiger partial charge in [0.2, 0.25) is 0 Å². The van der Waals surface area contributed by atoms with Gasteiger partial charge < -0.3 is 10.3 Å². The summed E-state index contributed by atoms with van der Waals surface area (Å²) in [6.07, 6.45) is 4.13. The Labute approximate surface area is 97.9 Å². The largest absolute Gasteiger partial charge is 0.348 e. The predicted octanol–water partition coefficient (Wildman–Crippen LogP) is 2.02. The fourth-order valence-corrected chi connectivity index (χ4v) is 1.55. The zero-order valence-electron chi connectivity index (χ0n) is 9.21.